The molecule has 1 atom stereocenters. The summed E-state index contributed by atoms with van der Waals surface area (Å²) in [6, 6.07) is 0. The molecule has 0 amide bonds. The van der Waals surface area contributed by atoms with Crippen molar-refractivity contribution in [3.05, 3.63) is 23.8 Å². The molecule has 0 N–H and O–H groups in total. The summed E-state index contributed by atoms with van der Waals surface area (Å²) in [4.78, 5) is 0. The van der Waals surface area contributed by atoms with Gasteiger partial charge < -0.3 is 0 Å². The zero-order chi connectivity index (χ0) is 14.7. The third-order valence-electron chi connectivity index (χ3n) is 4.50. The highest BCUT2D eigenvalue weighted by Crippen LogP contribution is 2.29. The van der Waals surface area contributed by atoms with Crippen LogP contribution >= 0.6 is 0 Å². The summed E-state index contributed by atoms with van der Waals surface area (Å²) >= 11 is 0. The van der Waals surface area contributed by atoms with Gasteiger partial charge in [0.15, 0.2) is 0 Å². The van der Waals surface area contributed by atoms with Gasteiger partial charge in [0.25, 0.3) is 0 Å². The van der Waals surface area contributed by atoms with Crippen LogP contribution in [0, 0.1) is 17.8 Å². The topological polar surface area (TPSA) is 0 Å². The summed E-state index contributed by atoms with van der Waals surface area (Å²) in [5.74, 6) is 2.81. The number of hydrogen-bond donors (Lipinski definition) is 0. The van der Waals surface area contributed by atoms with Crippen molar-refractivity contribution in [2.45, 2.75) is 80.1 Å². The summed E-state index contributed by atoms with van der Waals surface area (Å²) < 4.78 is 0. The summed E-state index contributed by atoms with van der Waals surface area (Å²) in [5.41, 5.74) is 1.35. The van der Waals surface area contributed by atoms with E-state index in [9.17, 15) is 0 Å². The molecule has 0 radical (unpaired) electrons. The van der Waals surface area contributed by atoms with Crippen molar-refractivity contribution in [2.24, 2.45) is 17.8 Å². The fraction of sp³-hybridized carbons (Fsp3) is 0.789. The molecule has 1 unspecified atom stereocenters. The molecule has 0 aromatic rings. The molecular weight excluding hydrogens is 228 g/mol. The Morgan fingerprint density at radius 1 is 1.16 bits per heavy atom. The van der Waals surface area contributed by atoms with E-state index in [0.717, 1.165) is 17.8 Å². The smallest absolute Gasteiger partial charge is 0.0261 e. The standard InChI is InChI=1S/C10H18.C9H18/c1-5-9(3)7-8-10(4)6-2;1-3-9-6-4-8(2)5-7-9/h5,7-8,10H,6H2,1-4H3;8-9H,3-7H2,1-2H3/b8-7-,9-5-;. The molecule has 0 heteroatoms. The maximum Gasteiger partial charge on any atom is -0.0261 e. The highest BCUT2D eigenvalue weighted by atomic mass is 14.2. The molecule has 1 saturated carbocycles. The molecule has 0 aromatic carbocycles. The molecule has 0 heterocycles. The van der Waals surface area contributed by atoms with E-state index in [1.165, 1.54) is 44.1 Å². The first-order valence-electron chi connectivity index (χ1n) is 8.34. The minimum atomic E-state index is 0.717. The van der Waals surface area contributed by atoms with Crippen molar-refractivity contribution in [1.29, 1.82) is 0 Å². The van der Waals surface area contributed by atoms with Crippen LogP contribution < -0.4 is 0 Å². The van der Waals surface area contributed by atoms with Gasteiger partial charge in [0, 0.05) is 0 Å². The lowest BCUT2D eigenvalue weighted by Gasteiger charge is -2.24. The van der Waals surface area contributed by atoms with Crippen LogP contribution in [-0.4, -0.2) is 0 Å². The summed E-state index contributed by atoms with van der Waals surface area (Å²) in [6.45, 7) is 13.3. The summed E-state index contributed by atoms with van der Waals surface area (Å²) in [7, 11) is 0. The fourth-order valence-corrected chi connectivity index (χ4v) is 2.29. The second-order valence-corrected chi connectivity index (χ2v) is 6.31. The molecule has 1 aliphatic rings. The lowest BCUT2D eigenvalue weighted by Crippen LogP contribution is -2.10. The Kier molecular flexibility index (Phi) is 11.0. The van der Waals surface area contributed by atoms with Crippen molar-refractivity contribution in [2.75, 3.05) is 0 Å². The number of rotatable bonds is 4. The van der Waals surface area contributed by atoms with E-state index in [1.54, 1.807) is 0 Å². The molecule has 112 valence electrons. The average Bonchev–Trinajstić information content (AvgIpc) is 2.45. The van der Waals surface area contributed by atoms with Gasteiger partial charge in [-0.25, -0.2) is 0 Å². The van der Waals surface area contributed by atoms with Crippen molar-refractivity contribution >= 4 is 0 Å². The van der Waals surface area contributed by atoms with Gasteiger partial charge in [-0.3, -0.25) is 0 Å². The van der Waals surface area contributed by atoms with E-state index >= 15 is 0 Å². The van der Waals surface area contributed by atoms with Gasteiger partial charge in [0.05, 0.1) is 0 Å². The van der Waals surface area contributed by atoms with Crippen LogP contribution in [0.3, 0.4) is 0 Å². The van der Waals surface area contributed by atoms with Crippen molar-refractivity contribution in [1.82, 2.24) is 0 Å². The minimum absolute atomic E-state index is 0.717. The van der Waals surface area contributed by atoms with E-state index in [2.05, 4.69) is 59.8 Å². The van der Waals surface area contributed by atoms with Crippen LogP contribution in [0.1, 0.15) is 80.1 Å². The molecule has 0 aliphatic heterocycles. The maximum absolute atomic E-state index is 2.38. The molecule has 0 spiro atoms. The summed E-state index contributed by atoms with van der Waals surface area (Å²) in [5, 5.41) is 0. The largest absolute Gasteiger partial charge is 0.0847 e. The van der Waals surface area contributed by atoms with E-state index < -0.39 is 0 Å². The van der Waals surface area contributed by atoms with Crippen molar-refractivity contribution < 1.29 is 0 Å². The normalized spacial score (nSPS) is 25.9. The molecule has 1 fully saturated rings. The van der Waals surface area contributed by atoms with Crippen molar-refractivity contribution in [3.63, 3.8) is 0 Å². The van der Waals surface area contributed by atoms with E-state index in [0.29, 0.717) is 0 Å². The monoisotopic (exact) mass is 264 g/mol. The molecule has 19 heavy (non-hydrogen) atoms. The van der Waals surface area contributed by atoms with E-state index in [1.807, 2.05) is 0 Å². The second-order valence-electron chi connectivity index (χ2n) is 6.31. The maximum atomic E-state index is 2.38. The van der Waals surface area contributed by atoms with Gasteiger partial charge in [0.1, 0.15) is 0 Å². The molecule has 1 aliphatic carbocycles. The Balaban J connectivity index is 0.000000342. The first kappa shape index (κ1) is 18.5. The van der Waals surface area contributed by atoms with Crippen molar-refractivity contribution in [3.8, 4) is 0 Å². The molecule has 0 saturated heterocycles. The number of allylic oxidation sites excluding steroid dienone is 4. The Bertz CT molecular complexity index is 251. The molecule has 0 nitrogen and oxygen atoms in total. The molecular formula is C19H36. The van der Waals surface area contributed by atoms with E-state index in [4.69, 9.17) is 0 Å². The minimum Gasteiger partial charge on any atom is -0.0847 e. The molecule has 0 bridgehead atoms. The van der Waals surface area contributed by atoms with Gasteiger partial charge in [0.2, 0.25) is 0 Å². The van der Waals surface area contributed by atoms with Gasteiger partial charge in [-0.1, -0.05) is 90.0 Å². The highest BCUT2D eigenvalue weighted by Gasteiger charge is 2.15. The Hall–Kier alpha value is -0.520. The van der Waals surface area contributed by atoms with Gasteiger partial charge in [-0.15, -0.1) is 0 Å². The van der Waals surface area contributed by atoms with Crippen LogP contribution in [0.25, 0.3) is 0 Å². The Morgan fingerprint density at radius 3 is 2.16 bits per heavy atom. The quantitative estimate of drug-likeness (QED) is 0.491. The van der Waals surface area contributed by atoms with Gasteiger partial charge >= 0.3 is 0 Å². The molecule has 1 rings (SSSR count). The first-order valence-corrected chi connectivity index (χ1v) is 8.34. The van der Waals surface area contributed by atoms with E-state index in [-0.39, 0.29) is 0 Å². The zero-order valence-electron chi connectivity index (χ0n) is 14.2. The SMILES string of the molecule is C/C=C(C)\C=C/C(C)CC.CCC1CCC(C)CC1. The third-order valence-corrected chi connectivity index (χ3v) is 4.50. The fourth-order valence-electron chi connectivity index (χ4n) is 2.29. The highest BCUT2D eigenvalue weighted by molar-refractivity contribution is 5.15. The predicted molar refractivity (Wildman–Crippen MR) is 89.4 cm³/mol. The Labute approximate surface area is 122 Å². The Morgan fingerprint density at radius 2 is 1.74 bits per heavy atom. The lowest BCUT2D eigenvalue weighted by molar-refractivity contribution is 0.284. The summed E-state index contributed by atoms with van der Waals surface area (Å²) in [6.07, 6.45) is 15.2. The van der Waals surface area contributed by atoms with Crippen LogP contribution in [-0.2, 0) is 0 Å². The molecule has 0 aromatic heterocycles. The zero-order valence-corrected chi connectivity index (χ0v) is 14.2. The number of hydrogen-bond acceptors (Lipinski definition) is 0. The van der Waals surface area contributed by atoms with Crippen LogP contribution in [0.5, 0.6) is 0 Å². The van der Waals surface area contributed by atoms with Crippen LogP contribution in [0.2, 0.25) is 0 Å². The van der Waals surface area contributed by atoms with Gasteiger partial charge in [-0.2, -0.15) is 0 Å². The van der Waals surface area contributed by atoms with Crippen LogP contribution in [0.4, 0.5) is 0 Å². The third kappa shape index (κ3) is 9.99. The predicted octanol–water partition coefficient (Wildman–Crippen LogP) is 6.78. The average molecular weight is 264 g/mol. The van der Waals surface area contributed by atoms with Gasteiger partial charge in [-0.05, 0) is 31.6 Å². The first-order chi connectivity index (χ1) is 9.03. The lowest BCUT2D eigenvalue weighted by atomic mass is 9.82. The van der Waals surface area contributed by atoms with Crippen LogP contribution in [0.15, 0.2) is 23.8 Å². The second kappa shape index (κ2) is 11.3.